The zero-order chi connectivity index (χ0) is 19.2. The maximum atomic E-state index is 12.2. The van der Waals surface area contributed by atoms with E-state index in [0.29, 0.717) is 35.2 Å². The van der Waals surface area contributed by atoms with Gasteiger partial charge in [0.25, 0.3) is 0 Å². The van der Waals surface area contributed by atoms with Crippen molar-refractivity contribution in [2.45, 2.75) is 19.3 Å². The van der Waals surface area contributed by atoms with E-state index in [4.69, 9.17) is 21.1 Å². The van der Waals surface area contributed by atoms with Crippen molar-refractivity contribution in [3.05, 3.63) is 40.5 Å². The van der Waals surface area contributed by atoms with Crippen LogP contribution >= 0.6 is 11.6 Å². The first kappa shape index (κ1) is 19.1. The minimum absolute atomic E-state index is 0.342. The minimum Gasteiger partial charge on any atom is -0.495 e. The van der Waals surface area contributed by atoms with Crippen LogP contribution in [0.15, 0.2) is 24.3 Å². The second-order valence-corrected chi connectivity index (χ2v) is 6.57. The number of nitrogens with one attached hydrogen (secondary N) is 3. The second kappa shape index (κ2) is 8.81. The van der Waals surface area contributed by atoms with E-state index in [2.05, 4.69) is 27.0 Å². The summed E-state index contributed by atoms with van der Waals surface area (Å²) in [6.07, 6.45) is 2.83. The molecule has 3 N–H and O–H groups in total. The number of ether oxygens (including phenoxy) is 2. The van der Waals surface area contributed by atoms with E-state index in [0.717, 1.165) is 30.9 Å². The Morgan fingerprint density at radius 3 is 2.85 bits per heavy atom. The minimum atomic E-state index is -0.342. The fourth-order valence-electron chi connectivity index (χ4n) is 2.94. The summed E-state index contributed by atoms with van der Waals surface area (Å²) in [5, 5.41) is 9.26. The Balaban J connectivity index is 1.55. The third kappa shape index (κ3) is 4.74. The molecule has 2 heterocycles. The molecule has 0 unspecified atom stereocenters. The number of nitrogens with zero attached hydrogens (tertiary/aromatic N) is 1. The third-order valence-electron chi connectivity index (χ3n) is 4.34. The van der Waals surface area contributed by atoms with E-state index in [1.54, 1.807) is 12.1 Å². The van der Waals surface area contributed by atoms with Crippen molar-refractivity contribution in [3.63, 3.8) is 0 Å². The van der Waals surface area contributed by atoms with Crippen LogP contribution in [0.1, 0.15) is 17.7 Å². The summed E-state index contributed by atoms with van der Waals surface area (Å²) in [6.45, 7) is 1.42. The highest BCUT2D eigenvalue weighted by atomic mass is 35.5. The molecule has 2 amide bonds. The van der Waals surface area contributed by atoms with Crippen molar-refractivity contribution >= 4 is 29.1 Å². The van der Waals surface area contributed by atoms with Gasteiger partial charge in [-0.05, 0) is 30.5 Å². The number of methoxy groups -OCH3 is 2. The summed E-state index contributed by atoms with van der Waals surface area (Å²) < 4.78 is 10.4. The van der Waals surface area contributed by atoms with Crippen molar-refractivity contribution in [1.82, 2.24) is 10.3 Å². The number of hydrogen-bond donors (Lipinski definition) is 3. The second-order valence-electron chi connectivity index (χ2n) is 6.16. The lowest BCUT2D eigenvalue weighted by Gasteiger charge is -2.17. The number of benzene rings is 1. The highest BCUT2D eigenvalue weighted by molar-refractivity contribution is 6.32. The zero-order valence-corrected chi connectivity index (χ0v) is 16.2. The zero-order valence-electron chi connectivity index (χ0n) is 15.4. The number of rotatable bonds is 6. The Bertz CT molecular complexity index is 829. The van der Waals surface area contributed by atoms with E-state index in [1.165, 1.54) is 19.8 Å². The molecule has 0 spiro atoms. The molecule has 1 aromatic carbocycles. The molecule has 0 saturated carbocycles. The van der Waals surface area contributed by atoms with Crippen molar-refractivity contribution < 1.29 is 14.3 Å². The molecule has 0 radical (unpaired) electrons. The first-order chi connectivity index (χ1) is 13.1. The van der Waals surface area contributed by atoms with Crippen LogP contribution in [-0.2, 0) is 12.8 Å². The molecular weight excluding hydrogens is 368 g/mol. The number of aromatic nitrogens is 1. The van der Waals surface area contributed by atoms with Gasteiger partial charge in [0, 0.05) is 31.3 Å². The Morgan fingerprint density at radius 1 is 1.26 bits per heavy atom. The fraction of sp³-hybridized carbons (Fsp3) is 0.368. The largest absolute Gasteiger partial charge is 0.495 e. The molecule has 2 aromatic rings. The Morgan fingerprint density at radius 2 is 2.07 bits per heavy atom. The van der Waals surface area contributed by atoms with Gasteiger partial charge in [0.05, 0.1) is 24.9 Å². The predicted octanol–water partition coefficient (Wildman–Crippen LogP) is 3.47. The molecule has 1 aliphatic heterocycles. The molecule has 0 aliphatic carbocycles. The monoisotopic (exact) mass is 390 g/mol. The summed E-state index contributed by atoms with van der Waals surface area (Å²) >= 11 is 6.12. The SMILES string of the molecule is COc1cc(OC)c(NC(=O)NCCc2ccc3c(n2)NCCC3)cc1Cl. The van der Waals surface area contributed by atoms with E-state index in [1.807, 2.05) is 6.07 Å². The predicted molar refractivity (Wildman–Crippen MR) is 106 cm³/mol. The molecule has 0 bridgehead atoms. The number of carbonyl (C=O) groups is 1. The van der Waals surface area contributed by atoms with Gasteiger partial charge in [-0.1, -0.05) is 17.7 Å². The fourth-order valence-corrected chi connectivity index (χ4v) is 3.18. The van der Waals surface area contributed by atoms with Gasteiger partial charge < -0.3 is 25.4 Å². The van der Waals surface area contributed by atoms with Gasteiger partial charge in [-0.2, -0.15) is 0 Å². The Hall–Kier alpha value is -2.67. The lowest BCUT2D eigenvalue weighted by atomic mass is 10.1. The van der Waals surface area contributed by atoms with Crippen LogP contribution in [0.3, 0.4) is 0 Å². The van der Waals surface area contributed by atoms with E-state index < -0.39 is 0 Å². The molecule has 3 rings (SSSR count). The number of anilines is 2. The summed E-state index contributed by atoms with van der Waals surface area (Å²) in [5.74, 6) is 1.90. The van der Waals surface area contributed by atoms with Crippen molar-refractivity contribution in [3.8, 4) is 11.5 Å². The number of fused-ring (bicyclic) bond motifs is 1. The molecule has 8 heteroatoms. The number of hydrogen-bond acceptors (Lipinski definition) is 5. The van der Waals surface area contributed by atoms with Gasteiger partial charge in [0.2, 0.25) is 0 Å². The molecule has 0 saturated heterocycles. The molecule has 0 atom stereocenters. The number of urea groups is 1. The van der Waals surface area contributed by atoms with Crippen molar-refractivity contribution in [2.75, 3.05) is 37.9 Å². The van der Waals surface area contributed by atoms with E-state index in [9.17, 15) is 4.79 Å². The normalized spacial score (nSPS) is 12.6. The van der Waals surface area contributed by atoms with Crippen LogP contribution in [0.4, 0.5) is 16.3 Å². The lowest BCUT2D eigenvalue weighted by Crippen LogP contribution is -2.30. The molecule has 27 heavy (non-hydrogen) atoms. The van der Waals surface area contributed by atoms with Gasteiger partial charge in [-0.15, -0.1) is 0 Å². The molecule has 1 aromatic heterocycles. The van der Waals surface area contributed by atoms with E-state index in [-0.39, 0.29) is 6.03 Å². The van der Waals surface area contributed by atoms with Crippen LogP contribution < -0.4 is 25.4 Å². The molecule has 7 nitrogen and oxygen atoms in total. The van der Waals surface area contributed by atoms with Crippen molar-refractivity contribution in [1.29, 1.82) is 0 Å². The highest BCUT2D eigenvalue weighted by Crippen LogP contribution is 2.35. The van der Waals surface area contributed by atoms with Crippen LogP contribution in [0.5, 0.6) is 11.5 Å². The summed E-state index contributed by atoms with van der Waals surface area (Å²) in [4.78, 5) is 16.8. The molecule has 0 fully saturated rings. The van der Waals surface area contributed by atoms with Crippen LogP contribution in [0.25, 0.3) is 0 Å². The topological polar surface area (TPSA) is 84.5 Å². The van der Waals surface area contributed by atoms with Crippen LogP contribution in [0, 0.1) is 0 Å². The number of pyridine rings is 1. The molecular formula is C19H23ClN4O3. The van der Waals surface area contributed by atoms with E-state index >= 15 is 0 Å². The molecule has 1 aliphatic rings. The van der Waals surface area contributed by atoms with Crippen LogP contribution in [0.2, 0.25) is 5.02 Å². The summed E-state index contributed by atoms with van der Waals surface area (Å²) in [7, 11) is 3.03. The van der Waals surface area contributed by atoms with Gasteiger partial charge in [-0.3, -0.25) is 0 Å². The number of aryl methyl sites for hydroxylation is 1. The highest BCUT2D eigenvalue weighted by Gasteiger charge is 2.13. The maximum Gasteiger partial charge on any atom is 0.319 e. The first-order valence-electron chi connectivity index (χ1n) is 8.79. The average molecular weight is 391 g/mol. The lowest BCUT2D eigenvalue weighted by molar-refractivity contribution is 0.252. The summed E-state index contributed by atoms with van der Waals surface area (Å²) in [6, 6.07) is 6.99. The maximum absolute atomic E-state index is 12.2. The third-order valence-corrected chi connectivity index (χ3v) is 4.64. The van der Waals surface area contributed by atoms with Gasteiger partial charge in [0.1, 0.15) is 17.3 Å². The van der Waals surface area contributed by atoms with Gasteiger partial charge >= 0.3 is 6.03 Å². The van der Waals surface area contributed by atoms with Crippen molar-refractivity contribution in [2.24, 2.45) is 0 Å². The first-order valence-corrected chi connectivity index (χ1v) is 9.17. The smallest absolute Gasteiger partial charge is 0.319 e. The summed E-state index contributed by atoms with van der Waals surface area (Å²) in [5.41, 5.74) is 2.66. The number of carbonyl (C=O) groups excluding carboxylic acids is 1. The molecule has 144 valence electrons. The number of amides is 2. The average Bonchev–Trinajstić information content (AvgIpc) is 2.68. The van der Waals surface area contributed by atoms with Gasteiger partial charge in [-0.25, -0.2) is 9.78 Å². The Labute approximate surface area is 163 Å². The Kier molecular flexibility index (Phi) is 6.24. The quantitative estimate of drug-likeness (QED) is 0.703. The van der Waals surface area contributed by atoms with Gasteiger partial charge in [0.15, 0.2) is 0 Å². The standard InChI is InChI=1S/C19H23ClN4O3/c1-26-16-11-17(27-2)15(10-14(16)20)24-19(25)22-9-7-13-6-5-12-4-3-8-21-18(12)23-13/h5-6,10-11H,3-4,7-9H2,1-2H3,(H,21,23)(H2,22,24,25). The number of halogens is 1. The van der Waals surface area contributed by atoms with Crippen LogP contribution in [-0.4, -0.2) is 38.3 Å².